The van der Waals surface area contributed by atoms with E-state index in [4.69, 9.17) is 23.2 Å². The number of halogens is 2. The van der Waals surface area contributed by atoms with Crippen molar-refractivity contribution in [1.29, 1.82) is 0 Å². The Morgan fingerprint density at radius 3 is 2.64 bits per heavy atom. The Labute approximate surface area is 204 Å². The summed E-state index contributed by atoms with van der Waals surface area (Å²) in [5, 5.41) is 2.18. The number of aryl methyl sites for hydroxylation is 1. The highest BCUT2D eigenvalue weighted by Gasteiger charge is 2.27. The lowest BCUT2D eigenvalue weighted by molar-refractivity contribution is -0.132. The molecule has 3 nitrogen and oxygen atoms in total. The first-order valence-corrected chi connectivity index (χ1v) is 12.2. The molecule has 168 valence electrons. The molecule has 0 fully saturated rings. The van der Waals surface area contributed by atoms with Crippen LogP contribution in [0.3, 0.4) is 0 Å². The third kappa shape index (κ3) is 4.28. The summed E-state index contributed by atoms with van der Waals surface area (Å²) in [7, 11) is 0. The molecule has 1 amide bonds. The van der Waals surface area contributed by atoms with Crippen molar-refractivity contribution in [2.75, 3.05) is 6.54 Å². The molecular formula is C28H26Cl2N2O. The van der Waals surface area contributed by atoms with Crippen LogP contribution in [0.25, 0.3) is 10.9 Å². The summed E-state index contributed by atoms with van der Waals surface area (Å²) < 4.78 is 0. The van der Waals surface area contributed by atoms with E-state index < -0.39 is 0 Å². The largest absolute Gasteiger partial charge is 0.361 e. The normalized spacial score (nSPS) is 14.3. The lowest BCUT2D eigenvalue weighted by atomic mass is 9.87. The predicted molar refractivity (Wildman–Crippen MR) is 136 cm³/mol. The number of hydrogen-bond donors (Lipinski definition) is 1. The molecule has 0 unspecified atom stereocenters. The Hall–Kier alpha value is -2.75. The first-order chi connectivity index (χ1) is 16.0. The average Bonchev–Trinajstić information content (AvgIpc) is 3.28. The summed E-state index contributed by atoms with van der Waals surface area (Å²) in [4.78, 5) is 19.0. The van der Waals surface area contributed by atoms with Gasteiger partial charge in [-0.2, -0.15) is 0 Å². The molecule has 2 heterocycles. The number of nitrogens with zero attached hydrogens (tertiary/aromatic N) is 1. The molecule has 0 aliphatic carbocycles. The van der Waals surface area contributed by atoms with Crippen LogP contribution in [0.4, 0.5) is 0 Å². The summed E-state index contributed by atoms with van der Waals surface area (Å²) in [6, 6.07) is 20.5. The molecular weight excluding hydrogens is 451 g/mol. The van der Waals surface area contributed by atoms with Gasteiger partial charge in [-0.05, 0) is 52.8 Å². The molecule has 3 aromatic carbocycles. The van der Waals surface area contributed by atoms with Gasteiger partial charge in [0.15, 0.2) is 0 Å². The van der Waals surface area contributed by atoms with Crippen LogP contribution in [0.5, 0.6) is 0 Å². The van der Waals surface area contributed by atoms with Crippen molar-refractivity contribution >= 4 is 40.0 Å². The standard InChI is InChI=1S/C28H26Cl2N2O/c1-2-18-8-5-9-22-24(16-31-28(18)22)23(20-10-11-25(29)26(30)14-20)15-27(33)32-13-12-19-6-3-4-7-21(19)17-32/h3-11,14,16,23,31H,2,12-13,15,17H2,1H3/t23-/m0/s1. The fraction of sp³-hybridized carbons (Fsp3) is 0.250. The molecule has 0 bridgehead atoms. The van der Waals surface area contributed by atoms with Crippen LogP contribution >= 0.6 is 23.2 Å². The van der Waals surface area contributed by atoms with Crippen molar-refractivity contribution in [3.8, 4) is 0 Å². The van der Waals surface area contributed by atoms with Crippen molar-refractivity contribution in [3.05, 3.63) is 105 Å². The zero-order valence-electron chi connectivity index (χ0n) is 18.6. The number of nitrogens with one attached hydrogen (secondary N) is 1. The molecule has 4 aromatic rings. The van der Waals surface area contributed by atoms with E-state index in [0.717, 1.165) is 41.4 Å². The quantitative estimate of drug-likeness (QED) is 0.326. The second-order valence-corrected chi connectivity index (χ2v) is 9.52. The topological polar surface area (TPSA) is 36.1 Å². The molecule has 0 saturated carbocycles. The number of amides is 1. The summed E-state index contributed by atoms with van der Waals surface area (Å²) in [5.74, 6) is 0.0341. The Kier molecular flexibility index (Phi) is 6.18. The number of benzene rings is 3. The maximum absolute atomic E-state index is 13.6. The van der Waals surface area contributed by atoms with Crippen LogP contribution in [-0.2, 0) is 24.2 Å². The lowest BCUT2D eigenvalue weighted by Gasteiger charge is -2.30. The zero-order chi connectivity index (χ0) is 22.9. The number of fused-ring (bicyclic) bond motifs is 2. The highest BCUT2D eigenvalue weighted by Crippen LogP contribution is 2.37. The maximum Gasteiger partial charge on any atom is 0.223 e. The minimum absolute atomic E-state index is 0.120. The molecule has 5 heteroatoms. The van der Waals surface area contributed by atoms with Gasteiger partial charge >= 0.3 is 0 Å². The van der Waals surface area contributed by atoms with Gasteiger partial charge in [0.2, 0.25) is 5.91 Å². The number of aromatic amines is 1. The number of aromatic nitrogens is 1. The monoisotopic (exact) mass is 476 g/mol. The number of carbonyl (C=O) groups excluding carboxylic acids is 1. The summed E-state index contributed by atoms with van der Waals surface area (Å²) in [6.45, 7) is 3.57. The van der Waals surface area contributed by atoms with Crippen molar-refractivity contribution in [1.82, 2.24) is 9.88 Å². The number of carbonyl (C=O) groups is 1. The second kappa shape index (κ2) is 9.24. The van der Waals surface area contributed by atoms with E-state index in [0.29, 0.717) is 23.0 Å². The van der Waals surface area contributed by atoms with E-state index in [-0.39, 0.29) is 11.8 Å². The lowest BCUT2D eigenvalue weighted by Crippen LogP contribution is -2.36. The van der Waals surface area contributed by atoms with E-state index >= 15 is 0 Å². The third-order valence-corrected chi connectivity index (χ3v) is 7.54. The van der Waals surface area contributed by atoms with Gasteiger partial charge in [0.1, 0.15) is 0 Å². The molecule has 5 rings (SSSR count). The number of hydrogen-bond acceptors (Lipinski definition) is 1. The van der Waals surface area contributed by atoms with Crippen molar-refractivity contribution in [2.24, 2.45) is 0 Å². The van der Waals surface area contributed by atoms with Crippen molar-refractivity contribution in [2.45, 2.75) is 38.6 Å². The fourth-order valence-corrected chi connectivity index (χ4v) is 5.28. The Bertz CT molecular complexity index is 1330. The average molecular weight is 477 g/mol. The van der Waals surface area contributed by atoms with E-state index in [1.807, 2.05) is 29.2 Å². The van der Waals surface area contributed by atoms with Crippen molar-refractivity contribution < 1.29 is 4.79 Å². The molecule has 33 heavy (non-hydrogen) atoms. The molecule has 0 spiro atoms. The molecule has 1 atom stereocenters. The molecule has 0 radical (unpaired) electrons. The molecule has 1 aliphatic heterocycles. The van der Waals surface area contributed by atoms with Crippen LogP contribution in [0.2, 0.25) is 10.0 Å². The summed E-state index contributed by atoms with van der Waals surface area (Å²) >= 11 is 12.6. The van der Waals surface area contributed by atoms with Gasteiger partial charge in [-0.1, -0.05) is 78.7 Å². The van der Waals surface area contributed by atoms with Crippen LogP contribution in [0.15, 0.2) is 66.9 Å². The van der Waals surface area contributed by atoms with Crippen LogP contribution in [0.1, 0.15) is 47.1 Å². The molecule has 1 aliphatic rings. The van der Waals surface area contributed by atoms with Gasteiger partial charge in [0.05, 0.1) is 10.0 Å². The van der Waals surface area contributed by atoms with Gasteiger partial charge in [-0.15, -0.1) is 0 Å². The number of H-pyrrole nitrogens is 1. The number of rotatable bonds is 5. The fourth-order valence-electron chi connectivity index (χ4n) is 4.97. The minimum atomic E-state index is -0.120. The highest BCUT2D eigenvalue weighted by atomic mass is 35.5. The first kappa shape index (κ1) is 22.1. The van der Waals surface area contributed by atoms with Gasteiger partial charge in [0, 0.05) is 42.5 Å². The highest BCUT2D eigenvalue weighted by molar-refractivity contribution is 6.42. The zero-order valence-corrected chi connectivity index (χ0v) is 20.1. The second-order valence-electron chi connectivity index (χ2n) is 8.70. The summed E-state index contributed by atoms with van der Waals surface area (Å²) in [6.07, 6.45) is 4.27. The van der Waals surface area contributed by atoms with Gasteiger partial charge in [0.25, 0.3) is 0 Å². The van der Waals surface area contributed by atoms with E-state index in [1.54, 1.807) is 0 Å². The molecule has 1 aromatic heterocycles. The first-order valence-electron chi connectivity index (χ1n) is 11.4. The Balaban J connectivity index is 1.51. The van der Waals surface area contributed by atoms with Gasteiger partial charge < -0.3 is 9.88 Å². The Morgan fingerprint density at radius 1 is 1.03 bits per heavy atom. The summed E-state index contributed by atoms with van der Waals surface area (Å²) in [5.41, 5.74) is 7.10. The third-order valence-electron chi connectivity index (χ3n) is 6.80. The van der Waals surface area contributed by atoms with E-state index in [2.05, 4.69) is 54.5 Å². The van der Waals surface area contributed by atoms with Crippen LogP contribution in [-0.4, -0.2) is 22.3 Å². The predicted octanol–water partition coefficient (Wildman–Crippen LogP) is 7.14. The number of para-hydroxylation sites is 1. The molecule has 0 saturated heterocycles. The van der Waals surface area contributed by atoms with Crippen LogP contribution < -0.4 is 0 Å². The van der Waals surface area contributed by atoms with Crippen molar-refractivity contribution in [3.63, 3.8) is 0 Å². The van der Waals surface area contributed by atoms with E-state index in [9.17, 15) is 4.79 Å². The molecule has 1 N–H and O–H groups in total. The SMILES string of the molecule is CCc1cccc2c([C@@H](CC(=O)N3CCc4ccccc4C3)c3ccc(Cl)c(Cl)c3)c[nH]c12. The smallest absolute Gasteiger partial charge is 0.223 e. The maximum atomic E-state index is 13.6. The van der Waals surface area contributed by atoms with E-state index in [1.165, 1.54) is 16.7 Å². The van der Waals surface area contributed by atoms with Gasteiger partial charge in [-0.3, -0.25) is 4.79 Å². The van der Waals surface area contributed by atoms with Gasteiger partial charge in [-0.25, -0.2) is 0 Å². The van der Waals surface area contributed by atoms with Crippen LogP contribution in [0, 0.1) is 0 Å². The minimum Gasteiger partial charge on any atom is -0.361 e. The Morgan fingerprint density at radius 2 is 1.85 bits per heavy atom.